The van der Waals surface area contributed by atoms with Gasteiger partial charge in [-0.15, -0.1) is 0 Å². The summed E-state index contributed by atoms with van der Waals surface area (Å²) in [7, 11) is -3.64. The number of carbonyl (C=O) groups is 2. The van der Waals surface area contributed by atoms with Crippen LogP contribution >= 0.6 is 0 Å². The third kappa shape index (κ3) is 5.34. The molecule has 1 atom stereocenters. The minimum atomic E-state index is -3.64. The number of ether oxygens (including phenoxy) is 1. The molecule has 1 aromatic carbocycles. The molecular weight excluding hydrogens is 394 g/mol. The van der Waals surface area contributed by atoms with Gasteiger partial charge in [0.1, 0.15) is 6.04 Å². The molecule has 2 saturated heterocycles. The number of carbonyl (C=O) groups excluding carboxylic acids is 2. The first kappa shape index (κ1) is 21.7. The van der Waals surface area contributed by atoms with Crippen molar-refractivity contribution in [2.45, 2.75) is 43.5 Å². The SMILES string of the molecule is CC(NC(=O)c1cccc(S(=O)(=O)N2CCCCCC2)c1)C(=O)N1CCOCC1. The zero-order valence-electron chi connectivity index (χ0n) is 16.8. The van der Waals surface area contributed by atoms with Crippen molar-refractivity contribution in [2.75, 3.05) is 39.4 Å². The van der Waals surface area contributed by atoms with Crippen molar-refractivity contribution in [2.24, 2.45) is 0 Å². The summed E-state index contributed by atoms with van der Waals surface area (Å²) in [6.45, 7) is 4.62. The Bertz CT molecular complexity index is 828. The van der Waals surface area contributed by atoms with Crippen LogP contribution in [0.2, 0.25) is 0 Å². The van der Waals surface area contributed by atoms with Gasteiger partial charge in [-0.05, 0) is 38.0 Å². The topological polar surface area (TPSA) is 96.0 Å². The van der Waals surface area contributed by atoms with Crippen LogP contribution in [0, 0.1) is 0 Å². The highest BCUT2D eigenvalue weighted by Gasteiger charge is 2.27. The van der Waals surface area contributed by atoms with E-state index in [2.05, 4.69) is 5.32 Å². The third-order valence-electron chi connectivity index (χ3n) is 5.34. The number of nitrogens with one attached hydrogen (secondary N) is 1. The Morgan fingerprint density at radius 2 is 1.69 bits per heavy atom. The van der Waals surface area contributed by atoms with Crippen molar-refractivity contribution in [1.82, 2.24) is 14.5 Å². The van der Waals surface area contributed by atoms with Crippen LogP contribution in [-0.4, -0.2) is 74.9 Å². The fourth-order valence-corrected chi connectivity index (χ4v) is 5.19. The number of sulfonamides is 1. The summed E-state index contributed by atoms with van der Waals surface area (Å²) < 4.78 is 32.7. The van der Waals surface area contributed by atoms with E-state index >= 15 is 0 Å². The standard InChI is InChI=1S/C20H29N3O5S/c1-16(20(25)22-11-13-28-14-12-22)21-19(24)17-7-6-8-18(15-17)29(26,27)23-9-4-2-3-5-10-23/h6-8,15-16H,2-5,9-14H2,1H3,(H,21,24). The molecule has 160 valence electrons. The molecule has 1 unspecified atom stereocenters. The van der Waals surface area contributed by atoms with Crippen molar-refractivity contribution in [3.8, 4) is 0 Å². The normalized spacial score (nSPS) is 20.0. The Labute approximate surface area is 172 Å². The van der Waals surface area contributed by atoms with Gasteiger partial charge < -0.3 is 15.0 Å². The Morgan fingerprint density at radius 3 is 2.34 bits per heavy atom. The number of amides is 2. The molecule has 0 aromatic heterocycles. The van der Waals surface area contributed by atoms with Crippen molar-refractivity contribution < 1.29 is 22.7 Å². The van der Waals surface area contributed by atoms with E-state index in [1.807, 2.05) is 0 Å². The third-order valence-corrected chi connectivity index (χ3v) is 7.23. The monoisotopic (exact) mass is 423 g/mol. The van der Waals surface area contributed by atoms with Crippen LogP contribution in [0.15, 0.2) is 29.2 Å². The smallest absolute Gasteiger partial charge is 0.251 e. The maximum absolute atomic E-state index is 13.0. The van der Waals surface area contributed by atoms with Gasteiger partial charge in [-0.25, -0.2) is 8.42 Å². The van der Waals surface area contributed by atoms with Gasteiger partial charge in [0.15, 0.2) is 0 Å². The quantitative estimate of drug-likeness (QED) is 0.768. The summed E-state index contributed by atoms with van der Waals surface area (Å²) in [6.07, 6.45) is 3.76. The van der Waals surface area contributed by atoms with Crippen LogP contribution in [0.5, 0.6) is 0 Å². The summed E-state index contributed by atoms with van der Waals surface area (Å²) >= 11 is 0. The van der Waals surface area contributed by atoms with Crippen molar-refractivity contribution in [3.05, 3.63) is 29.8 Å². The fourth-order valence-electron chi connectivity index (χ4n) is 3.63. The van der Waals surface area contributed by atoms with Gasteiger partial charge in [-0.3, -0.25) is 9.59 Å². The van der Waals surface area contributed by atoms with E-state index in [0.717, 1.165) is 25.7 Å². The lowest BCUT2D eigenvalue weighted by atomic mass is 10.2. The lowest BCUT2D eigenvalue weighted by molar-refractivity contribution is -0.136. The Hall–Kier alpha value is -1.97. The van der Waals surface area contributed by atoms with E-state index in [-0.39, 0.29) is 16.4 Å². The summed E-state index contributed by atoms with van der Waals surface area (Å²) in [6, 6.07) is 5.32. The minimum absolute atomic E-state index is 0.110. The van der Waals surface area contributed by atoms with Crippen molar-refractivity contribution in [3.63, 3.8) is 0 Å². The molecule has 1 N–H and O–H groups in total. The molecule has 0 radical (unpaired) electrons. The molecule has 1 aromatic rings. The highest BCUT2D eigenvalue weighted by molar-refractivity contribution is 7.89. The summed E-state index contributed by atoms with van der Waals surface area (Å²) in [4.78, 5) is 26.9. The first-order valence-electron chi connectivity index (χ1n) is 10.2. The molecule has 2 amide bonds. The van der Waals surface area contributed by atoms with Gasteiger partial charge in [0, 0.05) is 31.7 Å². The molecule has 9 heteroatoms. The lowest BCUT2D eigenvalue weighted by Crippen LogP contribution is -2.50. The average Bonchev–Trinajstić information content (AvgIpc) is 3.04. The summed E-state index contributed by atoms with van der Waals surface area (Å²) in [5.41, 5.74) is 0.225. The maximum atomic E-state index is 13.0. The van der Waals surface area contributed by atoms with E-state index < -0.39 is 22.0 Å². The number of morpholine rings is 1. The highest BCUT2D eigenvalue weighted by atomic mass is 32.2. The van der Waals surface area contributed by atoms with Gasteiger partial charge in [0.2, 0.25) is 15.9 Å². The molecule has 2 aliphatic rings. The van der Waals surface area contributed by atoms with Crippen LogP contribution in [0.3, 0.4) is 0 Å². The predicted molar refractivity (Wildman–Crippen MR) is 108 cm³/mol. The molecule has 0 aliphatic carbocycles. The molecule has 2 fully saturated rings. The van der Waals surface area contributed by atoms with Crippen molar-refractivity contribution in [1.29, 1.82) is 0 Å². The maximum Gasteiger partial charge on any atom is 0.251 e. The number of rotatable bonds is 5. The molecule has 8 nitrogen and oxygen atoms in total. The van der Waals surface area contributed by atoms with Crippen LogP contribution in [-0.2, 0) is 19.6 Å². The Morgan fingerprint density at radius 1 is 1.03 bits per heavy atom. The van der Waals surface area contributed by atoms with Gasteiger partial charge in [-0.1, -0.05) is 18.9 Å². The van der Waals surface area contributed by atoms with Crippen LogP contribution in [0.1, 0.15) is 43.0 Å². The highest BCUT2D eigenvalue weighted by Crippen LogP contribution is 2.21. The van der Waals surface area contributed by atoms with E-state index in [0.29, 0.717) is 39.4 Å². The second-order valence-electron chi connectivity index (χ2n) is 7.48. The minimum Gasteiger partial charge on any atom is -0.378 e. The summed E-state index contributed by atoms with van der Waals surface area (Å²) in [5.74, 6) is -0.637. The van der Waals surface area contributed by atoms with E-state index in [4.69, 9.17) is 4.74 Å². The van der Waals surface area contributed by atoms with Crippen LogP contribution in [0.4, 0.5) is 0 Å². The first-order chi connectivity index (χ1) is 13.9. The lowest BCUT2D eigenvalue weighted by Gasteiger charge is -2.29. The molecule has 29 heavy (non-hydrogen) atoms. The zero-order valence-corrected chi connectivity index (χ0v) is 17.6. The van der Waals surface area contributed by atoms with Crippen molar-refractivity contribution >= 4 is 21.8 Å². The number of nitrogens with zero attached hydrogens (tertiary/aromatic N) is 2. The number of hydrogen-bond acceptors (Lipinski definition) is 5. The zero-order chi connectivity index (χ0) is 20.9. The number of hydrogen-bond donors (Lipinski definition) is 1. The van der Waals surface area contributed by atoms with E-state index in [9.17, 15) is 18.0 Å². The Balaban J connectivity index is 1.69. The molecule has 2 aliphatic heterocycles. The fraction of sp³-hybridized carbons (Fsp3) is 0.600. The second kappa shape index (κ2) is 9.69. The molecule has 0 spiro atoms. The first-order valence-corrected chi connectivity index (χ1v) is 11.6. The largest absolute Gasteiger partial charge is 0.378 e. The summed E-state index contributed by atoms with van der Waals surface area (Å²) in [5, 5.41) is 2.68. The predicted octanol–water partition coefficient (Wildman–Crippen LogP) is 1.23. The van der Waals surface area contributed by atoms with Gasteiger partial charge in [0.05, 0.1) is 18.1 Å². The molecule has 3 rings (SSSR count). The molecule has 0 bridgehead atoms. The van der Waals surface area contributed by atoms with E-state index in [1.165, 1.54) is 16.4 Å². The Kier molecular flexibility index (Phi) is 7.26. The molecule has 0 saturated carbocycles. The van der Waals surface area contributed by atoms with Gasteiger partial charge >= 0.3 is 0 Å². The molecule has 2 heterocycles. The van der Waals surface area contributed by atoms with Gasteiger partial charge in [0.25, 0.3) is 5.91 Å². The number of benzene rings is 1. The van der Waals surface area contributed by atoms with Crippen LogP contribution < -0.4 is 5.32 Å². The molecular formula is C20H29N3O5S. The average molecular weight is 424 g/mol. The second-order valence-corrected chi connectivity index (χ2v) is 9.42. The van der Waals surface area contributed by atoms with Gasteiger partial charge in [-0.2, -0.15) is 4.31 Å². The van der Waals surface area contributed by atoms with Crippen LogP contribution in [0.25, 0.3) is 0 Å². The van der Waals surface area contributed by atoms with E-state index in [1.54, 1.807) is 24.0 Å².